The third-order valence-electron chi connectivity index (χ3n) is 5.44. The third kappa shape index (κ3) is 6.31. The van der Waals surface area contributed by atoms with Crippen molar-refractivity contribution in [2.24, 2.45) is 5.92 Å². The molecule has 162 valence electrons. The maximum absolute atomic E-state index is 12.5. The van der Waals surface area contributed by atoms with Crippen LogP contribution >= 0.6 is 0 Å². The fourth-order valence-electron chi connectivity index (χ4n) is 3.55. The Balaban J connectivity index is 1.39. The van der Waals surface area contributed by atoms with Crippen LogP contribution in [0.2, 0.25) is 0 Å². The summed E-state index contributed by atoms with van der Waals surface area (Å²) in [6.45, 7) is 2.59. The lowest BCUT2D eigenvalue weighted by atomic mass is 9.97. The number of sulfone groups is 1. The summed E-state index contributed by atoms with van der Waals surface area (Å²) in [7, 11) is -1.96. The highest BCUT2D eigenvalue weighted by Gasteiger charge is 2.24. The van der Waals surface area contributed by atoms with E-state index in [1.54, 1.807) is 17.0 Å². The number of carbonyl (C=O) groups excluding carboxylic acids is 1. The van der Waals surface area contributed by atoms with E-state index in [0.29, 0.717) is 38.0 Å². The summed E-state index contributed by atoms with van der Waals surface area (Å²) in [6, 6.07) is 16.3. The first kappa shape index (κ1) is 22.3. The zero-order valence-corrected chi connectivity index (χ0v) is 18.1. The SMILES string of the molecule is COc1ccc(S(=O)(=O)CCC(=O)N2CCC(COCc3ccccc3)CC2)cc1. The molecule has 1 heterocycles. The van der Waals surface area contributed by atoms with E-state index in [2.05, 4.69) is 0 Å². The molecular weight excluding hydrogens is 402 g/mol. The molecule has 2 aromatic carbocycles. The first-order valence-electron chi connectivity index (χ1n) is 10.2. The van der Waals surface area contributed by atoms with Gasteiger partial charge in [-0.1, -0.05) is 30.3 Å². The number of rotatable bonds is 9. The van der Waals surface area contributed by atoms with Gasteiger partial charge in [0.2, 0.25) is 5.91 Å². The molecule has 1 aliphatic rings. The largest absolute Gasteiger partial charge is 0.497 e. The van der Waals surface area contributed by atoms with Crippen molar-refractivity contribution in [3.05, 3.63) is 60.2 Å². The smallest absolute Gasteiger partial charge is 0.223 e. The molecule has 0 saturated carbocycles. The molecule has 0 radical (unpaired) electrons. The van der Waals surface area contributed by atoms with E-state index in [4.69, 9.17) is 9.47 Å². The van der Waals surface area contributed by atoms with Gasteiger partial charge in [-0.15, -0.1) is 0 Å². The second-order valence-electron chi connectivity index (χ2n) is 7.57. The number of methoxy groups -OCH3 is 1. The van der Waals surface area contributed by atoms with Crippen molar-refractivity contribution in [2.45, 2.75) is 30.8 Å². The van der Waals surface area contributed by atoms with Crippen LogP contribution in [-0.4, -0.2) is 51.8 Å². The average molecular weight is 432 g/mol. The molecule has 1 aliphatic heterocycles. The maximum atomic E-state index is 12.5. The Bertz CT molecular complexity index is 904. The number of ether oxygens (including phenoxy) is 2. The molecular formula is C23H29NO5S. The van der Waals surface area contributed by atoms with Gasteiger partial charge in [-0.05, 0) is 48.6 Å². The molecule has 6 nitrogen and oxygen atoms in total. The Labute approximate surface area is 178 Å². The number of hydrogen-bond donors (Lipinski definition) is 0. The van der Waals surface area contributed by atoms with Crippen LogP contribution in [-0.2, 0) is 26.0 Å². The highest BCUT2D eigenvalue weighted by atomic mass is 32.2. The highest BCUT2D eigenvalue weighted by Crippen LogP contribution is 2.20. The van der Waals surface area contributed by atoms with E-state index in [9.17, 15) is 13.2 Å². The summed E-state index contributed by atoms with van der Waals surface area (Å²) < 4.78 is 35.8. The summed E-state index contributed by atoms with van der Waals surface area (Å²) in [5.74, 6) is 0.746. The van der Waals surface area contributed by atoms with E-state index >= 15 is 0 Å². The minimum atomic E-state index is -3.49. The van der Waals surface area contributed by atoms with Gasteiger partial charge in [0.25, 0.3) is 0 Å². The van der Waals surface area contributed by atoms with Gasteiger partial charge in [-0.25, -0.2) is 8.42 Å². The predicted octanol–water partition coefficient (Wildman–Crippen LogP) is 3.31. The lowest BCUT2D eigenvalue weighted by Gasteiger charge is -2.32. The summed E-state index contributed by atoms with van der Waals surface area (Å²) in [6.07, 6.45) is 1.76. The molecule has 1 amide bonds. The fourth-order valence-corrected chi connectivity index (χ4v) is 4.78. The monoisotopic (exact) mass is 431 g/mol. The van der Waals surface area contributed by atoms with Gasteiger partial charge in [-0.2, -0.15) is 0 Å². The molecule has 3 rings (SSSR count). The van der Waals surface area contributed by atoms with Gasteiger partial charge in [0.05, 0.1) is 24.4 Å². The predicted molar refractivity (Wildman–Crippen MR) is 115 cm³/mol. The van der Waals surface area contributed by atoms with Crippen LogP contribution in [0.15, 0.2) is 59.5 Å². The average Bonchev–Trinajstić information content (AvgIpc) is 2.79. The minimum absolute atomic E-state index is 0.00351. The van der Waals surface area contributed by atoms with Crippen LogP contribution < -0.4 is 4.74 Å². The van der Waals surface area contributed by atoms with Gasteiger partial charge >= 0.3 is 0 Å². The summed E-state index contributed by atoms with van der Waals surface area (Å²) in [4.78, 5) is 14.5. The number of piperidine rings is 1. The van der Waals surface area contributed by atoms with Gasteiger partial charge in [0.1, 0.15) is 5.75 Å². The van der Waals surface area contributed by atoms with E-state index in [1.165, 1.54) is 19.2 Å². The first-order chi connectivity index (χ1) is 14.5. The van der Waals surface area contributed by atoms with E-state index in [0.717, 1.165) is 18.4 Å². The minimum Gasteiger partial charge on any atom is -0.497 e. The third-order valence-corrected chi connectivity index (χ3v) is 7.17. The summed E-state index contributed by atoms with van der Waals surface area (Å²) in [5, 5.41) is 0. The van der Waals surface area contributed by atoms with Crippen LogP contribution in [0.25, 0.3) is 0 Å². The summed E-state index contributed by atoms with van der Waals surface area (Å²) >= 11 is 0. The fraction of sp³-hybridized carbons (Fsp3) is 0.435. The molecule has 30 heavy (non-hydrogen) atoms. The molecule has 0 aromatic heterocycles. The zero-order chi connectivity index (χ0) is 21.4. The Kier molecular flexibility index (Phi) is 7.87. The Hall–Kier alpha value is -2.38. The van der Waals surface area contributed by atoms with Crippen LogP contribution in [0.3, 0.4) is 0 Å². The van der Waals surface area contributed by atoms with Crippen molar-refractivity contribution >= 4 is 15.7 Å². The molecule has 2 aromatic rings. The number of likely N-dealkylation sites (tertiary alicyclic amines) is 1. The molecule has 0 N–H and O–H groups in total. The van der Waals surface area contributed by atoms with Crippen molar-refractivity contribution < 1.29 is 22.7 Å². The molecule has 1 saturated heterocycles. The maximum Gasteiger partial charge on any atom is 0.223 e. The normalized spacial score (nSPS) is 15.2. The lowest BCUT2D eigenvalue weighted by Crippen LogP contribution is -2.40. The Morgan fingerprint density at radius 1 is 1.03 bits per heavy atom. The van der Waals surface area contributed by atoms with Gasteiger partial charge in [-0.3, -0.25) is 4.79 Å². The van der Waals surface area contributed by atoms with Gasteiger partial charge in [0.15, 0.2) is 9.84 Å². The van der Waals surface area contributed by atoms with Crippen molar-refractivity contribution in [3.63, 3.8) is 0 Å². The number of benzene rings is 2. The van der Waals surface area contributed by atoms with Gasteiger partial charge < -0.3 is 14.4 Å². The molecule has 7 heteroatoms. The molecule has 0 spiro atoms. The van der Waals surface area contributed by atoms with E-state index in [1.807, 2.05) is 30.3 Å². The van der Waals surface area contributed by atoms with Crippen molar-refractivity contribution in [1.82, 2.24) is 4.90 Å². The number of hydrogen-bond acceptors (Lipinski definition) is 5. The van der Waals surface area contributed by atoms with Gasteiger partial charge in [0, 0.05) is 26.1 Å². The number of nitrogens with zero attached hydrogens (tertiary/aromatic N) is 1. The van der Waals surface area contributed by atoms with E-state index < -0.39 is 9.84 Å². The second kappa shape index (κ2) is 10.6. The van der Waals surface area contributed by atoms with Crippen molar-refractivity contribution in [3.8, 4) is 5.75 Å². The summed E-state index contributed by atoms with van der Waals surface area (Å²) in [5.41, 5.74) is 1.16. The van der Waals surface area contributed by atoms with Crippen LogP contribution in [0.1, 0.15) is 24.8 Å². The first-order valence-corrected chi connectivity index (χ1v) is 11.9. The molecule has 1 fully saturated rings. The quantitative estimate of drug-likeness (QED) is 0.609. The zero-order valence-electron chi connectivity index (χ0n) is 17.3. The lowest BCUT2D eigenvalue weighted by molar-refractivity contribution is -0.132. The number of amides is 1. The Morgan fingerprint density at radius 3 is 2.33 bits per heavy atom. The topological polar surface area (TPSA) is 72.9 Å². The molecule has 0 atom stereocenters. The second-order valence-corrected chi connectivity index (χ2v) is 9.68. The van der Waals surface area contributed by atoms with Crippen LogP contribution in [0.5, 0.6) is 5.75 Å². The highest BCUT2D eigenvalue weighted by molar-refractivity contribution is 7.91. The Morgan fingerprint density at radius 2 is 1.70 bits per heavy atom. The molecule has 0 bridgehead atoms. The molecule has 0 aliphatic carbocycles. The number of carbonyl (C=O) groups is 1. The van der Waals surface area contributed by atoms with Crippen LogP contribution in [0.4, 0.5) is 0 Å². The van der Waals surface area contributed by atoms with Crippen LogP contribution in [0, 0.1) is 5.92 Å². The van der Waals surface area contributed by atoms with Crippen molar-refractivity contribution in [2.75, 3.05) is 32.6 Å². The van der Waals surface area contributed by atoms with Crippen molar-refractivity contribution in [1.29, 1.82) is 0 Å². The standard InChI is InChI=1S/C23H29NO5S/c1-28-21-7-9-22(10-8-21)30(26,27)16-13-23(25)24-14-11-20(12-15-24)18-29-17-19-5-3-2-4-6-19/h2-10,20H,11-18H2,1H3. The molecule has 0 unspecified atom stereocenters. The van der Waals surface area contributed by atoms with E-state index in [-0.39, 0.29) is 23.0 Å².